The Morgan fingerprint density at radius 1 is 1.06 bits per heavy atom. The molecule has 0 aliphatic carbocycles. The number of hydrogen-bond donors (Lipinski definition) is 1. The lowest BCUT2D eigenvalue weighted by Gasteiger charge is -2.29. The third kappa shape index (κ3) is 7.91. The minimum absolute atomic E-state index is 0.0481. The van der Waals surface area contributed by atoms with Crippen molar-refractivity contribution in [3.05, 3.63) is 63.6 Å². The molecule has 2 amide bonds. The second-order valence-corrected chi connectivity index (χ2v) is 9.40. The smallest absolute Gasteiger partial charge is 0.242 e. The number of halogens is 2. The molecule has 32 heavy (non-hydrogen) atoms. The van der Waals surface area contributed by atoms with Gasteiger partial charge in [-0.05, 0) is 55.7 Å². The number of benzene rings is 2. The number of carbonyl (C=O) groups is 2. The third-order valence-corrected chi connectivity index (χ3v) is 6.89. The summed E-state index contributed by atoms with van der Waals surface area (Å²) in [4.78, 5) is 27.5. The maximum atomic E-state index is 13.1. The monoisotopic (exact) mass is 496 g/mol. The molecule has 0 bridgehead atoms. The van der Waals surface area contributed by atoms with Gasteiger partial charge in [0.15, 0.2) is 0 Å². The van der Waals surface area contributed by atoms with Crippen molar-refractivity contribution in [3.8, 4) is 5.75 Å². The fourth-order valence-electron chi connectivity index (χ4n) is 2.94. The molecule has 0 fully saturated rings. The van der Waals surface area contributed by atoms with Crippen molar-refractivity contribution in [2.75, 3.05) is 12.9 Å². The van der Waals surface area contributed by atoms with Crippen LogP contribution in [0.1, 0.15) is 38.3 Å². The van der Waals surface area contributed by atoms with E-state index in [9.17, 15) is 9.59 Å². The predicted octanol–water partition coefficient (Wildman–Crippen LogP) is 5.57. The Kier molecular flexibility index (Phi) is 10.7. The molecule has 5 nitrogen and oxygen atoms in total. The Labute approximate surface area is 204 Å². The van der Waals surface area contributed by atoms with E-state index in [4.69, 9.17) is 27.9 Å². The summed E-state index contributed by atoms with van der Waals surface area (Å²) in [7, 11) is 1.61. The lowest BCUT2D eigenvalue weighted by atomic mass is 10.1. The average molecular weight is 497 g/mol. The van der Waals surface area contributed by atoms with E-state index >= 15 is 0 Å². The van der Waals surface area contributed by atoms with Crippen LogP contribution in [0.2, 0.25) is 10.0 Å². The summed E-state index contributed by atoms with van der Waals surface area (Å²) in [6.07, 6.45) is 0.824. The van der Waals surface area contributed by atoms with E-state index in [1.54, 1.807) is 31.1 Å². The van der Waals surface area contributed by atoms with Crippen LogP contribution in [0.15, 0.2) is 42.5 Å². The lowest BCUT2D eigenvalue weighted by molar-refractivity contribution is -0.138. The number of nitrogens with one attached hydrogen (secondary N) is 1. The van der Waals surface area contributed by atoms with Gasteiger partial charge in [-0.3, -0.25) is 9.59 Å². The molecule has 2 aromatic rings. The summed E-state index contributed by atoms with van der Waals surface area (Å²) in [6, 6.07) is 12.4. The summed E-state index contributed by atoms with van der Waals surface area (Å²) in [6.45, 7) is 6.07. The van der Waals surface area contributed by atoms with E-state index in [1.807, 2.05) is 44.2 Å². The Morgan fingerprint density at radius 2 is 1.72 bits per heavy atom. The first-order valence-electron chi connectivity index (χ1n) is 10.5. The number of methoxy groups -OCH3 is 1. The van der Waals surface area contributed by atoms with Crippen LogP contribution in [0.3, 0.4) is 0 Å². The zero-order chi connectivity index (χ0) is 23.7. The number of ether oxygens (including phenoxy) is 1. The van der Waals surface area contributed by atoms with Gasteiger partial charge < -0.3 is 15.0 Å². The van der Waals surface area contributed by atoms with Crippen LogP contribution in [0.4, 0.5) is 0 Å². The van der Waals surface area contributed by atoms with Crippen molar-refractivity contribution in [1.82, 2.24) is 10.2 Å². The first-order valence-corrected chi connectivity index (χ1v) is 12.4. The van der Waals surface area contributed by atoms with E-state index in [1.165, 1.54) is 11.8 Å². The molecule has 2 atom stereocenters. The fraction of sp³-hybridized carbons (Fsp3) is 0.417. The molecule has 8 heteroatoms. The van der Waals surface area contributed by atoms with Crippen molar-refractivity contribution in [1.29, 1.82) is 0 Å². The van der Waals surface area contributed by atoms with Gasteiger partial charge in [-0.1, -0.05) is 48.3 Å². The third-order valence-electron chi connectivity index (χ3n) is 5.16. The number of thioether (sulfide) groups is 1. The van der Waals surface area contributed by atoms with Gasteiger partial charge in [-0.2, -0.15) is 0 Å². The second-order valence-electron chi connectivity index (χ2n) is 7.60. The highest BCUT2D eigenvalue weighted by Gasteiger charge is 2.26. The summed E-state index contributed by atoms with van der Waals surface area (Å²) in [5, 5.41) is 3.97. The summed E-state index contributed by atoms with van der Waals surface area (Å²) < 4.78 is 5.21. The van der Waals surface area contributed by atoms with E-state index in [0.29, 0.717) is 22.3 Å². The minimum Gasteiger partial charge on any atom is -0.497 e. The summed E-state index contributed by atoms with van der Waals surface area (Å²) >= 11 is 13.5. The van der Waals surface area contributed by atoms with E-state index in [-0.39, 0.29) is 23.6 Å². The molecule has 0 aromatic heterocycles. The zero-order valence-corrected chi connectivity index (χ0v) is 21.2. The van der Waals surface area contributed by atoms with Gasteiger partial charge in [0.1, 0.15) is 11.8 Å². The van der Waals surface area contributed by atoms with Crippen LogP contribution in [-0.2, 0) is 21.9 Å². The van der Waals surface area contributed by atoms with Gasteiger partial charge in [0.2, 0.25) is 11.8 Å². The normalized spacial score (nSPS) is 12.7. The average Bonchev–Trinajstić information content (AvgIpc) is 2.79. The quantitative estimate of drug-likeness (QED) is 0.441. The van der Waals surface area contributed by atoms with E-state index in [0.717, 1.165) is 23.3 Å². The minimum atomic E-state index is -0.593. The standard InChI is InChI=1S/C24H30Cl2N2O3S/c1-5-16(2)27-24(30)17(3)28(13-18-6-9-20(31-4)10-7-18)23(29)15-32-14-19-8-11-21(25)22(26)12-19/h6-12,16-17H,5,13-15H2,1-4H3,(H,27,30)/t16-,17+/m0/s1. The Balaban J connectivity index is 2.09. The maximum absolute atomic E-state index is 13.1. The number of nitrogens with zero attached hydrogens (tertiary/aromatic N) is 1. The number of amides is 2. The Hall–Kier alpha value is -1.89. The zero-order valence-electron chi connectivity index (χ0n) is 18.9. The molecule has 0 heterocycles. The predicted molar refractivity (Wildman–Crippen MR) is 134 cm³/mol. The highest BCUT2D eigenvalue weighted by Crippen LogP contribution is 2.25. The summed E-state index contributed by atoms with van der Waals surface area (Å²) in [5.74, 6) is 1.35. The van der Waals surface area contributed by atoms with Crippen molar-refractivity contribution >= 4 is 46.8 Å². The van der Waals surface area contributed by atoms with Crippen molar-refractivity contribution in [3.63, 3.8) is 0 Å². The molecule has 0 spiro atoms. The first-order chi connectivity index (χ1) is 15.2. The fourth-order valence-corrected chi connectivity index (χ4v) is 4.12. The van der Waals surface area contributed by atoms with Crippen LogP contribution in [0, 0.1) is 0 Å². The molecule has 1 N–H and O–H groups in total. The van der Waals surface area contributed by atoms with Gasteiger partial charge in [-0.25, -0.2) is 0 Å². The van der Waals surface area contributed by atoms with Crippen LogP contribution < -0.4 is 10.1 Å². The first kappa shape index (κ1) is 26.4. The summed E-state index contributed by atoms with van der Waals surface area (Å²) in [5.41, 5.74) is 1.92. The van der Waals surface area contributed by atoms with Crippen molar-refractivity contribution in [2.45, 2.75) is 51.6 Å². The molecule has 0 unspecified atom stereocenters. The maximum Gasteiger partial charge on any atom is 0.242 e. The second kappa shape index (κ2) is 13.0. The molecule has 0 aliphatic rings. The number of carbonyl (C=O) groups excluding carboxylic acids is 2. The van der Waals surface area contributed by atoms with E-state index < -0.39 is 6.04 Å². The van der Waals surface area contributed by atoms with Crippen LogP contribution in [0.5, 0.6) is 5.75 Å². The molecule has 174 valence electrons. The molecule has 2 rings (SSSR count). The number of hydrogen-bond acceptors (Lipinski definition) is 4. The molecule has 0 aliphatic heterocycles. The van der Waals surface area contributed by atoms with Gasteiger partial charge in [0.05, 0.1) is 22.9 Å². The van der Waals surface area contributed by atoms with Crippen LogP contribution >= 0.6 is 35.0 Å². The van der Waals surface area contributed by atoms with Crippen LogP contribution in [0.25, 0.3) is 0 Å². The topological polar surface area (TPSA) is 58.6 Å². The van der Waals surface area contributed by atoms with Gasteiger partial charge in [0, 0.05) is 18.3 Å². The molecule has 0 saturated heterocycles. The SMILES string of the molecule is CC[C@H](C)NC(=O)[C@@H](C)N(Cc1ccc(OC)cc1)C(=O)CSCc1ccc(Cl)c(Cl)c1. The Morgan fingerprint density at radius 3 is 2.31 bits per heavy atom. The number of rotatable bonds is 11. The molecule has 0 radical (unpaired) electrons. The van der Waals surface area contributed by atoms with Crippen LogP contribution in [-0.4, -0.2) is 41.7 Å². The highest BCUT2D eigenvalue weighted by atomic mass is 35.5. The van der Waals surface area contributed by atoms with Crippen molar-refractivity contribution in [2.24, 2.45) is 0 Å². The van der Waals surface area contributed by atoms with E-state index in [2.05, 4.69) is 5.32 Å². The molecule has 0 saturated carbocycles. The lowest BCUT2D eigenvalue weighted by Crippen LogP contribution is -2.50. The van der Waals surface area contributed by atoms with Gasteiger partial charge in [-0.15, -0.1) is 11.8 Å². The largest absolute Gasteiger partial charge is 0.497 e. The van der Waals surface area contributed by atoms with Crippen molar-refractivity contribution < 1.29 is 14.3 Å². The molecular formula is C24H30Cl2N2O3S. The molecule has 2 aromatic carbocycles. The molecular weight excluding hydrogens is 467 g/mol. The Bertz CT molecular complexity index is 909. The van der Waals surface area contributed by atoms with Gasteiger partial charge >= 0.3 is 0 Å². The highest BCUT2D eigenvalue weighted by molar-refractivity contribution is 7.99. The van der Waals surface area contributed by atoms with Gasteiger partial charge in [0.25, 0.3) is 0 Å².